The largest absolute Gasteiger partial charge is 0.496 e. The van der Waals surface area contributed by atoms with E-state index in [-0.39, 0.29) is 11.7 Å². The van der Waals surface area contributed by atoms with E-state index in [1.54, 1.807) is 24.2 Å². The molecule has 1 heterocycles. The van der Waals surface area contributed by atoms with Gasteiger partial charge in [0.25, 0.3) is 5.91 Å². The average molecular weight is 562 g/mol. The maximum Gasteiger partial charge on any atom is 0.262 e. The Morgan fingerprint density at radius 1 is 1.03 bits per heavy atom. The third-order valence-electron chi connectivity index (χ3n) is 5.17. The van der Waals surface area contributed by atoms with E-state index in [9.17, 15) is 9.59 Å². The molecule has 2 aromatic rings. The molecule has 4 nitrogen and oxygen atoms in total. The Morgan fingerprint density at radius 3 is 2.38 bits per heavy atom. The fourth-order valence-electron chi connectivity index (χ4n) is 3.77. The zero-order chi connectivity index (χ0) is 20.6. The monoisotopic (exact) mass is 561 g/mol. The van der Waals surface area contributed by atoms with Crippen LogP contribution in [0, 0.1) is 3.57 Å². The molecule has 0 radical (unpaired) electrons. The number of carbonyl (C=O) groups excluding carboxylic acids is 2. The Labute approximate surface area is 191 Å². The van der Waals surface area contributed by atoms with Crippen LogP contribution in [0.25, 0.3) is 5.57 Å². The highest BCUT2D eigenvalue weighted by atomic mass is 127. The van der Waals surface area contributed by atoms with E-state index in [0.717, 1.165) is 20.3 Å². The Bertz CT molecular complexity index is 1090. The van der Waals surface area contributed by atoms with E-state index in [4.69, 9.17) is 4.74 Å². The van der Waals surface area contributed by atoms with Crippen LogP contribution in [0.1, 0.15) is 11.1 Å². The molecule has 0 saturated heterocycles. The van der Waals surface area contributed by atoms with Gasteiger partial charge in [-0.15, -0.1) is 0 Å². The first kappa shape index (κ1) is 20.1. The van der Waals surface area contributed by atoms with Crippen molar-refractivity contribution in [2.75, 3.05) is 7.11 Å². The molecule has 0 saturated carbocycles. The number of nitrogens with zero attached hydrogens (tertiary/aromatic N) is 1. The second kappa shape index (κ2) is 7.91. The molecule has 0 atom stereocenters. The van der Waals surface area contributed by atoms with Crippen molar-refractivity contribution in [3.05, 3.63) is 92.0 Å². The molecule has 0 aromatic heterocycles. The number of benzene rings is 2. The van der Waals surface area contributed by atoms with Gasteiger partial charge in [0.2, 0.25) is 0 Å². The van der Waals surface area contributed by atoms with Gasteiger partial charge in [-0.1, -0.05) is 36.4 Å². The minimum Gasteiger partial charge on any atom is -0.496 e. The molecule has 29 heavy (non-hydrogen) atoms. The van der Waals surface area contributed by atoms with Crippen molar-refractivity contribution in [1.29, 1.82) is 0 Å². The standard InChI is InChI=1S/C23H17BrINO3/c1-29-19-9-5-3-7-17(19)20-21(24)22(28)26(14-15-6-2-4-8-18(15)25)23(20)12-10-16(27)11-13-23/h2-13H,14H2,1H3. The summed E-state index contributed by atoms with van der Waals surface area (Å²) < 4.78 is 7.12. The molecule has 146 valence electrons. The van der Waals surface area contributed by atoms with Gasteiger partial charge in [0.1, 0.15) is 11.3 Å². The molecule has 6 heteroatoms. The van der Waals surface area contributed by atoms with Crippen molar-refractivity contribution in [1.82, 2.24) is 4.90 Å². The Hall–Kier alpha value is -2.19. The first-order valence-electron chi connectivity index (χ1n) is 8.99. The molecule has 0 bridgehead atoms. The van der Waals surface area contributed by atoms with Crippen molar-refractivity contribution in [2.45, 2.75) is 12.1 Å². The highest BCUT2D eigenvalue weighted by molar-refractivity contribution is 14.1. The van der Waals surface area contributed by atoms with E-state index in [1.165, 1.54) is 12.2 Å². The summed E-state index contributed by atoms with van der Waals surface area (Å²) in [5.41, 5.74) is 1.74. The number of hydrogen-bond acceptors (Lipinski definition) is 3. The van der Waals surface area contributed by atoms with E-state index >= 15 is 0 Å². The second-order valence-corrected chi connectivity index (χ2v) is 8.72. The normalized spacial score (nSPS) is 17.6. The molecule has 0 N–H and O–H groups in total. The number of ether oxygens (including phenoxy) is 1. The lowest BCUT2D eigenvalue weighted by Gasteiger charge is -2.38. The number of amides is 1. The third kappa shape index (κ3) is 3.38. The molecular weight excluding hydrogens is 545 g/mol. The van der Waals surface area contributed by atoms with Gasteiger partial charge in [-0.2, -0.15) is 0 Å². The SMILES string of the molecule is COc1ccccc1C1=C(Br)C(=O)N(Cc2ccccc2I)C12C=CC(=O)C=C2. The van der Waals surface area contributed by atoms with Gasteiger partial charge < -0.3 is 9.64 Å². The van der Waals surface area contributed by atoms with Crippen molar-refractivity contribution in [3.8, 4) is 5.75 Å². The summed E-state index contributed by atoms with van der Waals surface area (Å²) >= 11 is 5.82. The van der Waals surface area contributed by atoms with E-state index in [1.807, 2.05) is 48.5 Å². The van der Waals surface area contributed by atoms with Crippen molar-refractivity contribution in [2.24, 2.45) is 0 Å². The van der Waals surface area contributed by atoms with Crippen LogP contribution in [0.2, 0.25) is 0 Å². The predicted molar refractivity (Wildman–Crippen MR) is 125 cm³/mol. The van der Waals surface area contributed by atoms with Crippen molar-refractivity contribution in [3.63, 3.8) is 0 Å². The van der Waals surface area contributed by atoms with Crippen molar-refractivity contribution < 1.29 is 14.3 Å². The van der Waals surface area contributed by atoms with Gasteiger partial charge in [0.15, 0.2) is 5.78 Å². The molecule has 1 aliphatic heterocycles. The number of rotatable bonds is 4. The number of halogens is 2. The summed E-state index contributed by atoms with van der Waals surface area (Å²) in [6.07, 6.45) is 6.66. The number of para-hydroxylation sites is 1. The van der Waals surface area contributed by atoms with Gasteiger partial charge in [-0.05, 0) is 80.5 Å². The molecular formula is C23H17BrINO3. The number of ketones is 1. The van der Waals surface area contributed by atoms with E-state index in [2.05, 4.69) is 38.5 Å². The molecule has 4 rings (SSSR count). The summed E-state index contributed by atoms with van der Waals surface area (Å²) in [7, 11) is 1.61. The summed E-state index contributed by atoms with van der Waals surface area (Å²) in [5, 5.41) is 0. The fraction of sp³-hybridized carbons (Fsp3) is 0.130. The van der Waals surface area contributed by atoms with Crippen molar-refractivity contribution >= 4 is 55.8 Å². The zero-order valence-corrected chi connectivity index (χ0v) is 19.3. The minimum absolute atomic E-state index is 0.0975. The summed E-state index contributed by atoms with van der Waals surface area (Å²) in [6.45, 7) is 0.411. The zero-order valence-electron chi connectivity index (χ0n) is 15.6. The van der Waals surface area contributed by atoms with Crippen LogP contribution >= 0.6 is 38.5 Å². The highest BCUT2D eigenvalue weighted by Gasteiger charge is 2.49. The van der Waals surface area contributed by atoms with Gasteiger partial charge in [-0.25, -0.2) is 0 Å². The summed E-state index contributed by atoms with van der Waals surface area (Å²) in [4.78, 5) is 27.1. The predicted octanol–water partition coefficient (Wildman–Crippen LogP) is 4.88. The maximum absolute atomic E-state index is 13.4. The minimum atomic E-state index is -0.878. The van der Waals surface area contributed by atoms with E-state index in [0.29, 0.717) is 16.8 Å². The Morgan fingerprint density at radius 2 is 1.69 bits per heavy atom. The topological polar surface area (TPSA) is 46.6 Å². The lowest BCUT2D eigenvalue weighted by atomic mass is 9.82. The van der Waals surface area contributed by atoms with Gasteiger partial charge in [-0.3, -0.25) is 9.59 Å². The molecule has 1 spiro atoms. The number of methoxy groups -OCH3 is 1. The molecule has 0 fully saturated rings. The molecule has 1 aliphatic carbocycles. The van der Waals surface area contributed by atoms with Crippen LogP contribution in [-0.4, -0.2) is 29.2 Å². The Balaban J connectivity index is 1.90. The fourth-order valence-corrected chi connectivity index (χ4v) is 5.07. The van der Waals surface area contributed by atoms with Crippen LogP contribution < -0.4 is 4.74 Å². The van der Waals surface area contributed by atoms with Gasteiger partial charge >= 0.3 is 0 Å². The first-order chi connectivity index (χ1) is 14.0. The lowest BCUT2D eigenvalue weighted by molar-refractivity contribution is -0.127. The quantitative estimate of drug-likeness (QED) is 0.500. The van der Waals surface area contributed by atoms with Crippen LogP contribution in [0.4, 0.5) is 0 Å². The van der Waals surface area contributed by atoms with Crippen LogP contribution in [-0.2, 0) is 16.1 Å². The number of hydrogen-bond donors (Lipinski definition) is 0. The Kier molecular flexibility index (Phi) is 5.48. The van der Waals surface area contributed by atoms with Crippen LogP contribution in [0.3, 0.4) is 0 Å². The number of carbonyl (C=O) groups is 2. The second-order valence-electron chi connectivity index (χ2n) is 6.77. The van der Waals surface area contributed by atoms with Gasteiger partial charge in [0.05, 0.1) is 11.6 Å². The maximum atomic E-state index is 13.4. The summed E-state index contributed by atoms with van der Waals surface area (Å²) in [6, 6.07) is 15.6. The molecule has 1 amide bonds. The molecule has 2 aromatic carbocycles. The first-order valence-corrected chi connectivity index (χ1v) is 10.9. The van der Waals surface area contributed by atoms with Gasteiger partial charge in [0, 0.05) is 21.3 Å². The van der Waals surface area contributed by atoms with E-state index < -0.39 is 5.54 Å². The van der Waals surface area contributed by atoms with Crippen LogP contribution in [0.5, 0.6) is 5.75 Å². The highest BCUT2D eigenvalue weighted by Crippen LogP contribution is 2.49. The number of allylic oxidation sites excluding steroid dienone is 2. The third-order valence-corrected chi connectivity index (χ3v) is 6.95. The molecule has 2 aliphatic rings. The van der Waals surface area contributed by atoms with Crippen LogP contribution in [0.15, 0.2) is 77.3 Å². The average Bonchev–Trinajstić information content (AvgIpc) is 2.93. The lowest BCUT2D eigenvalue weighted by Crippen LogP contribution is -2.45. The smallest absolute Gasteiger partial charge is 0.262 e. The molecule has 0 unspecified atom stereocenters. The summed E-state index contributed by atoms with van der Waals surface area (Å²) in [5.74, 6) is 0.440.